The van der Waals surface area contributed by atoms with Crippen molar-refractivity contribution in [2.75, 3.05) is 18.5 Å². The van der Waals surface area contributed by atoms with Crippen LogP contribution in [0.4, 0.5) is 5.69 Å². The number of hydrogen-bond donors (Lipinski definition) is 2. The number of hydrazine groups is 1. The zero-order valence-electron chi connectivity index (χ0n) is 9.82. The van der Waals surface area contributed by atoms with Crippen molar-refractivity contribution < 1.29 is 0 Å². The lowest BCUT2D eigenvalue weighted by Gasteiger charge is -2.19. The molecule has 0 aliphatic heterocycles. The average molecular weight is 220 g/mol. The first-order valence-electron chi connectivity index (χ1n) is 5.95. The third kappa shape index (κ3) is 3.18. The van der Waals surface area contributed by atoms with Gasteiger partial charge < -0.3 is 5.43 Å². The van der Waals surface area contributed by atoms with Crippen molar-refractivity contribution in [1.82, 2.24) is 9.88 Å². The van der Waals surface area contributed by atoms with E-state index >= 15 is 0 Å². The number of rotatable bonds is 6. The first-order valence-corrected chi connectivity index (χ1v) is 5.95. The number of pyridine rings is 1. The highest BCUT2D eigenvalue weighted by atomic mass is 15.2. The topological polar surface area (TPSA) is 54.2 Å². The van der Waals surface area contributed by atoms with Crippen LogP contribution >= 0.6 is 0 Å². The molecule has 0 spiro atoms. The number of nitrogens with two attached hydrogens (primary N) is 1. The summed E-state index contributed by atoms with van der Waals surface area (Å²) in [6.07, 6.45) is 4.60. The predicted molar refractivity (Wildman–Crippen MR) is 65.7 cm³/mol. The van der Waals surface area contributed by atoms with Crippen molar-refractivity contribution in [3.05, 3.63) is 24.0 Å². The van der Waals surface area contributed by atoms with E-state index in [2.05, 4.69) is 22.2 Å². The van der Waals surface area contributed by atoms with Gasteiger partial charge in [0.1, 0.15) is 0 Å². The molecule has 4 heteroatoms. The second kappa shape index (κ2) is 5.27. The van der Waals surface area contributed by atoms with E-state index in [1.807, 2.05) is 12.1 Å². The van der Waals surface area contributed by atoms with Crippen LogP contribution in [0.15, 0.2) is 18.3 Å². The second-order valence-corrected chi connectivity index (χ2v) is 4.45. The lowest BCUT2D eigenvalue weighted by Crippen LogP contribution is -2.25. The van der Waals surface area contributed by atoms with Gasteiger partial charge in [-0.2, -0.15) is 0 Å². The Morgan fingerprint density at radius 2 is 2.38 bits per heavy atom. The smallest absolute Gasteiger partial charge is 0.0564 e. The van der Waals surface area contributed by atoms with E-state index in [1.54, 1.807) is 6.20 Å². The fourth-order valence-corrected chi connectivity index (χ4v) is 1.85. The molecule has 0 radical (unpaired) electrons. The van der Waals surface area contributed by atoms with E-state index in [0.717, 1.165) is 30.4 Å². The number of nitrogens with zero attached hydrogens (tertiary/aromatic N) is 2. The van der Waals surface area contributed by atoms with Gasteiger partial charge in [-0.15, -0.1) is 0 Å². The third-order valence-electron chi connectivity index (χ3n) is 3.03. The van der Waals surface area contributed by atoms with Crippen molar-refractivity contribution in [3.8, 4) is 0 Å². The first-order chi connectivity index (χ1) is 7.81. The largest absolute Gasteiger partial charge is 0.324 e. The molecule has 1 aromatic rings. The molecule has 2 rings (SSSR count). The summed E-state index contributed by atoms with van der Waals surface area (Å²) < 4.78 is 0. The van der Waals surface area contributed by atoms with E-state index in [0.29, 0.717) is 0 Å². The maximum Gasteiger partial charge on any atom is 0.0564 e. The van der Waals surface area contributed by atoms with Gasteiger partial charge >= 0.3 is 0 Å². The third-order valence-corrected chi connectivity index (χ3v) is 3.03. The fraction of sp³-hybridized carbons (Fsp3) is 0.583. The standard InChI is InChI=1S/C12H20N4/c1-2-16(8-10-3-4-10)9-12-7-11(15-13)5-6-14-12/h5-7,10H,2-4,8-9,13H2,1H3,(H,14,15). The molecule has 0 saturated heterocycles. The summed E-state index contributed by atoms with van der Waals surface area (Å²) >= 11 is 0. The predicted octanol–water partition coefficient (Wildman–Crippen LogP) is 1.60. The van der Waals surface area contributed by atoms with Gasteiger partial charge in [0, 0.05) is 19.3 Å². The molecule has 1 saturated carbocycles. The van der Waals surface area contributed by atoms with E-state index < -0.39 is 0 Å². The maximum atomic E-state index is 5.38. The molecule has 1 aliphatic rings. The van der Waals surface area contributed by atoms with Gasteiger partial charge in [0.05, 0.1) is 11.4 Å². The number of nitrogen functional groups attached to an aromatic ring is 1. The van der Waals surface area contributed by atoms with Crippen molar-refractivity contribution in [1.29, 1.82) is 0 Å². The Morgan fingerprint density at radius 1 is 1.56 bits per heavy atom. The summed E-state index contributed by atoms with van der Waals surface area (Å²) in [4.78, 5) is 6.81. The molecule has 0 unspecified atom stereocenters. The number of hydrogen-bond acceptors (Lipinski definition) is 4. The summed E-state index contributed by atoms with van der Waals surface area (Å²) in [5.41, 5.74) is 4.66. The van der Waals surface area contributed by atoms with Crippen LogP contribution in [-0.4, -0.2) is 23.0 Å². The first kappa shape index (κ1) is 11.4. The van der Waals surface area contributed by atoms with Gasteiger partial charge in [-0.1, -0.05) is 6.92 Å². The lowest BCUT2D eigenvalue weighted by molar-refractivity contribution is 0.265. The monoisotopic (exact) mass is 220 g/mol. The molecular weight excluding hydrogens is 200 g/mol. The number of aromatic nitrogens is 1. The minimum atomic E-state index is 0.919. The molecule has 1 heterocycles. The molecule has 0 atom stereocenters. The molecule has 4 nitrogen and oxygen atoms in total. The summed E-state index contributed by atoms with van der Waals surface area (Å²) in [6.45, 7) is 5.41. The molecule has 0 aromatic carbocycles. The molecule has 0 amide bonds. The molecule has 1 aromatic heterocycles. The molecule has 3 N–H and O–H groups in total. The van der Waals surface area contributed by atoms with Crippen LogP contribution in [0.25, 0.3) is 0 Å². The lowest BCUT2D eigenvalue weighted by atomic mass is 10.3. The van der Waals surface area contributed by atoms with E-state index in [-0.39, 0.29) is 0 Å². The van der Waals surface area contributed by atoms with Crippen LogP contribution in [-0.2, 0) is 6.54 Å². The Balaban J connectivity index is 1.94. The van der Waals surface area contributed by atoms with Gasteiger partial charge in [-0.05, 0) is 37.4 Å². The summed E-state index contributed by atoms with van der Waals surface area (Å²) in [7, 11) is 0. The second-order valence-electron chi connectivity index (χ2n) is 4.45. The van der Waals surface area contributed by atoms with Gasteiger partial charge in [-0.25, -0.2) is 0 Å². The average Bonchev–Trinajstić information content (AvgIpc) is 3.12. The Labute approximate surface area is 96.8 Å². The van der Waals surface area contributed by atoms with Gasteiger partial charge in [0.25, 0.3) is 0 Å². The minimum absolute atomic E-state index is 0.919. The fourth-order valence-electron chi connectivity index (χ4n) is 1.85. The van der Waals surface area contributed by atoms with E-state index in [1.165, 1.54) is 19.4 Å². The molecule has 1 aliphatic carbocycles. The summed E-state index contributed by atoms with van der Waals surface area (Å²) in [5, 5.41) is 0. The van der Waals surface area contributed by atoms with Crippen LogP contribution in [0.5, 0.6) is 0 Å². The Bertz CT molecular complexity index is 336. The van der Waals surface area contributed by atoms with Gasteiger partial charge in [0.2, 0.25) is 0 Å². The molecular formula is C12H20N4. The molecule has 0 bridgehead atoms. The van der Waals surface area contributed by atoms with Crippen molar-refractivity contribution in [3.63, 3.8) is 0 Å². The Hall–Kier alpha value is -1.13. The molecule has 88 valence electrons. The van der Waals surface area contributed by atoms with Crippen molar-refractivity contribution in [2.45, 2.75) is 26.3 Å². The van der Waals surface area contributed by atoms with Crippen molar-refractivity contribution in [2.24, 2.45) is 11.8 Å². The zero-order chi connectivity index (χ0) is 11.4. The quantitative estimate of drug-likeness (QED) is 0.565. The van der Waals surface area contributed by atoms with Crippen LogP contribution < -0.4 is 11.3 Å². The summed E-state index contributed by atoms with van der Waals surface area (Å²) in [6, 6.07) is 3.89. The molecule has 16 heavy (non-hydrogen) atoms. The van der Waals surface area contributed by atoms with Crippen LogP contribution in [0.1, 0.15) is 25.5 Å². The number of anilines is 1. The maximum absolute atomic E-state index is 5.38. The van der Waals surface area contributed by atoms with Gasteiger partial charge in [0.15, 0.2) is 0 Å². The van der Waals surface area contributed by atoms with E-state index in [4.69, 9.17) is 5.84 Å². The van der Waals surface area contributed by atoms with Crippen LogP contribution in [0.2, 0.25) is 0 Å². The van der Waals surface area contributed by atoms with Crippen molar-refractivity contribution >= 4 is 5.69 Å². The van der Waals surface area contributed by atoms with Crippen LogP contribution in [0.3, 0.4) is 0 Å². The normalized spacial score (nSPS) is 15.4. The van der Waals surface area contributed by atoms with Gasteiger partial charge in [-0.3, -0.25) is 15.7 Å². The summed E-state index contributed by atoms with van der Waals surface area (Å²) in [5.74, 6) is 6.31. The SMILES string of the molecule is CCN(Cc1cc(NN)ccn1)CC1CC1. The zero-order valence-corrected chi connectivity index (χ0v) is 9.82. The van der Waals surface area contributed by atoms with Crippen LogP contribution in [0, 0.1) is 5.92 Å². The number of nitrogens with one attached hydrogen (secondary N) is 1. The highest BCUT2D eigenvalue weighted by Crippen LogP contribution is 2.30. The highest BCUT2D eigenvalue weighted by Gasteiger charge is 2.23. The Morgan fingerprint density at radius 3 is 3.00 bits per heavy atom. The molecule has 1 fully saturated rings. The Kier molecular flexibility index (Phi) is 3.74. The minimum Gasteiger partial charge on any atom is -0.324 e. The van der Waals surface area contributed by atoms with E-state index in [9.17, 15) is 0 Å². The highest BCUT2D eigenvalue weighted by molar-refractivity contribution is 5.41.